The third kappa shape index (κ3) is 3.69. The van der Waals surface area contributed by atoms with E-state index in [4.69, 9.17) is 27.9 Å². The molecule has 0 aliphatic carbocycles. The number of carbonyl (C=O) groups excluding carboxylic acids is 5. The molecular formula is C21H15Cl2N3O6. The number of rotatable bonds is 4. The molecule has 0 fully saturated rings. The summed E-state index contributed by atoms with van der Waals surface area (Å²) in [6, 6.07) is 7.92. The Balaban J connectivity index is 1.45. The number of nitrogens with one attached hydrogen (secondary N) is 1. The van der Waals surface area contributed by atoms with Gasteiger partial charge in [-0.15, -0.1) is 0 Å². The summed E-state index contributed by atoms with van der Waals surface area (Å²) in [6.45, 7) is 0.399. The van der Waals surface area contributed by atoms with Crippen LogP contribution in [0.4, 0.5) is 11.4 Å². The van der Waals surface area contributed by atoms with Gasteiger partial charge < -0.3 is 10.1 Å². The highest BCUT2D eigenvalue weighted by molar-refractivity contribution is 6.43. The van der Waals surface area contributed by atoms with E-state index in [9.17, 15) is 24.0 Å². The van der Waals surface area contributed by atoms with Crippen LogP contribution < -0.4 is 10.2 Å². The van der Waals surface area contributed by atoms with Crippen molar-refractivity contribution < 1.29 is 28.7 Å². The lowest BCUT2D eigenvalue weighted by Crippen LogP contribution is -2.46. The number of esters is 1. The van der Waals surface area contributed by atoms with E-state index in [-0.39, 0.29) is 33.6 Å². The van der Waals surface area contributed by atoms with Crippen LogP contribution in [0.2, 0.25) is 10.0 Å². The number of anilines is 2. The van der Waals surface area contributed by atoms with Crippen LogP contribution in [0.25, 0.3) is 0 Å². The lowest BCUT2D eigenvalue weighted by molar-refractivity contribution is -0.151. The van der Waals surface area contributed by atoms with Crippen molar-refractivity contribution in [1.29, 1.82) is 0 Å². The van der Waals surface area contributed by atoms with Crippen molar-refractivity contribution in [2.75, 3.05) is 23.4 Å². The molecule has 0 saturated carbocycles. The van der Waals surface area contributed by atoms with Crippen LogP contribution in [0.5, 0.6) is 0 Å². The Kier molecular flexibility index (Phi) is 5.62. The molecule has 4 amide bonds. The van der Waals surface area contributed by atoms with Gasteiger partial charge in [0.15, 0.2) is 6.61 Å². The lowest BCUT2D eigenvalue weighted by Gasteiger charge is -2.29. The average molecular weight is 476 g/mol. The first-order chi connectivity index (χ1) is 15.2. The Morgan fingerprint density at radius 3 is 2.28 bits per heavy atom. The van der Waals surface area contributed by atoms with Crippen LogP contribution in [0.1, 0.15) is 27.6 Å². The maximum atomic E-state index is 12.7. The molecular weight excluding hydrogens is 461 g/mol. The first-order valence-corrected chi connectivity index (χ1v) is 10.2. The van der Waals surface area contributed by atoms with Gasteiger partial charge in [-0.3, -0.25) is 29.0 Å². The fourth-order valence-electron chi connectivity index (χ4n) is 3.50. The van der Waals surface area contributed by atoms with Crippen LogP contribution in [0.3, 0.4) is 0 Å². The number of hydrogen-bond donors (Lipinski definition) is 1. The molecule has 11 heteroatoms. The quantitative estimate of drug-likeness (QED) is 0.536. The summed E-state index contributed by atoms with van der Waals surface area (Å²) in [4.78, 5) is 64.3. The first kappa shape index (κ1) is 21.8. The second kappa shape index (κ2) is 8.25. The zero-order valence-corrected chi connectivity index (χ0v) is 18.1. The van der Waals surface area contributed by atoms with Crippen molar-refractivity contribution in [3.8, 4) is 0 Å². The van der Waals surface area contributed by atoms with Crippen molar-refractivity contribution in [1.82, 2.24) is 4.90 Å². The summed E-state index contributed by atoms with van der Waals surface area (Å²) < 4.78 is 5.06. The average Bonchev–Trinajstić information content (AvgIpc) is 3.00. The van der Waals surface area contributed by atoms with E-state index in [2.05, 4.69) is 5.32 Å². The SMILES string of the molecule is C[C@@H](C(=O)OCC(=O)N1CC(=O)Nc2ccccc21)N1C(=O)c2cc(Cl)c(Cl)cc2C1=O. The molecule has 0 bridgehead atoms. The fraction of sp³-hybridized carbons (Fsp3) is 0.190. The summed E-state index contributed by atoms with van der Waals surface area (Å²) in [7, 11) is 0. The van der Waals surface area contributed by atoms with E-state index in [1.807, 2.05) is 0 Å². The van der Waals surface area contributed by atoms with Crippen LogP contribution in [-0.2, 0) is 19.1 Å². The molecule has 9 nitrogen and oxygen atoms in total. The summed E-state index contributed by atoms with van der Waals surface area (Å²) in [5.74, 6) is -3.42. The number of fused-ring (bicyclic) bond motifs is 2. The van der Waals surface area contributed by atoms with E-state index >= 15 is 0 Å². The molecule has 2 aliphatic rings. The minimum absolute atomic E-state index is 0.0241. The van der Waals surface area contributed by atoms with Gasteiger partial charge in [0.1, 0.15) is 12.6 Å². The molecule has 0 saturated heterocycles. The molecule has 32 heavy (non-hydrogen) atoms. The molecule has 1 atom stereocenters. The number of para-hydroxylation sites is 2. The Labute approximate surface area is 191 Å². The van der Waals surface area contributed by atoms with Crippen LogP contribution >= 0.6 is 23.2 Å². The number of halogens is 2. The molecule has 1 N–H and O–H groups in total. The lowest BCUT2D eigenvalue weighted by atomic mass is 10.1. The summed E-state index contributed by atoms with van der Waals surface area (Å²) in [5, 5.41) is 2.84. The second-order valence-electron chi connectivity index (χ2n) is 7.12. The number of ether oxygens (including phenoxy) is 1. The Hall–Kier alpha value is -3.43. The number of amides is 4. The molecule has 2 aromatic carbocycles. The molecule has 2 aromatic rings. The van der Waals surface area contributed by atoms with E-state index < -0.39 is 36.3 Å². The molecule has 0 radical (unpaired) electrons. The van der Waals surface area contributed by atoms with E-state index in [0.29, 0.717) is 11.4 Å². The standard InChI is InChI=1S/C21H15Cl2N3O6/c1-10(26-19(29)11-6-13(22)14(23)7-12(11)20(26)30)21(31)32-9-18(28)25-8-17(27)24-15-4-2-3-5-16(15)25/h2-7,10H,8-9H2,1H3,(H,24,27)/t10-/m0/s1. The van der Waals surface area contributed by atoms with Crippen molar-refractivity contribution in [3.63, 3.8) is 0 Å². The van der Waals surface area contributed by atoms with Gasteiger partial charge in [-0.1, -0.05) is 35.3 Å². The molecule has 0 aromatic heterocycles. The first-order valence-electron chi connectivity index (χ1n) is 9.42. The number of carbonyl (C=O) groups is 5. The summed E-state index contributed by atoms with van der Waals surface area (Å²) >= 11 is 11.8. The van der Waals surface area contributed by atoms with Gasteiger partial charge in [-0.05, 0) is 31.2 Å². The maximum Gasteiger partial charge on any atom is 0.329 e. The van der Waals surface area contributed by atoms with E-state index in [1.165, 1.54) is 24.0 Å². The third-order valence-electron chi connectivity index (χ3n) is 5.10. The number of imide groups is 1. The van der Waals surface area contributed by atoms with Crippen LogP contribution in [0.15, 0.2) is 36.4 Å². The van der Waals surface area contributed by atoms with Crippen LogP contribution in [0, 0.1) is 0 Å². The predicted octanol–water partition coefficient (Wildman–Crippen LogP) is 2.51. The van der Waals surface area contributed by atoms with Gasteiger partial charge in [-0.2, -0.15) is 0 Å². The highest BCUT2D eigenvalue weighted by Gasteiger charge is 2.42. The van der Waals surface area contributed by atoms with Gasteiger partial charge in [0.05, 0.1) is 32.5 Å². The topological polar surface area (TPSA) is 113 Å². The predicted molar refractivity (Wildman–Crippen MR) is 115 cm³/mol. The molecule has 2 heterocycles. The fourth-order valence-corrected chi connectivity index (χ4v) is 3.82. The van der Waals surface area contributed by atoms with Crippen molar-refractivity contribution in [2.24, 2.45) is 0 Å². The molecule has 2 aliphatic heterocycles. The number of benzene rings is 2. The van der Waals surface area contributed by atoms with Gasteiger partial charge in [0.2, 0.25) is 5.91 Å². The molecule has 0 unspecified atom stereocenters. The molecule has 0 spiro atoms. The van der Waals surface area contributed by atoms with E-state index in [0.717, 1.165) is 4.90 Å². The number of nitrogens with zero attached hydrogens (tertiary/aromatic N) is 2. The zero-order chi connectivity index (χ0) is 23.2. The van der Waals surface area contributed by atoms with Crippen molar-refractivity contribution >= 4 is 64.2 Å². The van der Waals surface area contributed by atoms with Crippen LogP contribution in [-0.4, -0.2) is 53.7 Å². The minimum atomic E-state index is -1.30. The summed E-state index contributed by atoms with van der Waals surface area (Å²) in [6.07, 6.45) is 0. The third-order valence-corrected chi connectivity index (χ3v) is 5.82. The smallest absolute Gasteiger partial charge is 0.329 e. The maximum absolute atomic E-state index is 12.7. The second-order valence-corrected chi connectivity index (χ2v) is 7.94. The van der Waals surface area contributed by atoms with E-state index in [1.54, 1.807) is 24.3 Å². The van der Waals surface area contributed by atoms with Crippen molar-refractivity contribution in [2.45, 2.75) is 13.0 Å². The summed E-state index contributed by atoms with van der Waals surface area (Å²) in [5.41, 5.74) is 0.975. The van der Waals surface area contributed by atoms with Gasteiger partial charge in [0, 0.05) is 0 Å². The Morgan fingerprint density at radius 1 is 1.06 bits per heavy atom. The normalized spacial score (nSPS) is 15.8. The number of hydrogen-bond acceptors (Lipinski definition) is 6. The van der Waals surface area contributed by atoms with Gasteiger partial charge in [-0.25, -0.2) is 4.79 Å². The molecule has 164 valence electrons. The Bertz CT molecular complexity index is 1160. The molecule has 4 rings (SSSR count). The highest BCUT2D eigenvalue weighted by atomic mass is 35.5. The Morgan fingerprint density at radius 2 is 1.66 bits per heavy atom. The largest absolute Gasteiger partial charge is 0.454 e. The van der Waals surface area contributed by atoms with Gasteiger partial charge >= 0.3 is 5.97 Å². The minimum Gasteiger partial charge on any atom is -0.454 e. The monoisotopic (exact) mass is 475 g/mol. The van der Waals surface area contributed by atoms with Crippen molar-refractivity contribution in [3.05, 3.63) is 57.6 Å². The zero-order valence-electron chi connectivity index (χ0n) is 16.6. The highest BCUT2D eigenvalue weighted by Crippen LogP contribution is 2.33. The van der Waals surface area contributed by atoms with Gasteiger partial charge in [0.25, 0.3) is 17.7 Å².